The van der Waals surface area contributed by atoms with Crippen LogP contribution in [0.1, 0.15) is 11.6 Å². The van der Waals surface area contributed by atoms with Crippen molar-refractivity contribution in [2.45, 2.75) is 6.04 Å². The van der Waals surface area contributed by atoms with E-state index < -0.39 is 6.04 Å². The number of anilines is 1. The lowest BCUT2D eigenvalue weighted by Gasteiger charge is -2.34. The van der Waals surface area contributed by atoms with E-state index in [1.807, 2.05) is 4.90 Å². The largest absolute Gasteiger partial charge is 0.394 e. The number of nitrogens with two attached hydrogens (primary N) is 1. The Morgan fingerprint density at radius 1 is 1.33 bits per heavy atom. The maximum atomic E-state index is 14.0. The van der Waals surface area contributed by atoms with Crippen LogP contribution >= 0.6 is 0 Å². The molecule has 2 rings (SSSR count). The van der Waals surface area contributed by atoms with Crippen LogP contribution in [0, 0.1) is 5.82 Å². The van der Waals surface area contributed by atoms with Crippen LogP contribution in [0.25, 0.3) is 0 Å². The van der Waals surface area contributed by atoms with Gasteiger partial charge < -0.3 is 20.6 Å². The smallest absolute Gasteiger partial charge is 0.146 e. The number of hydrogen-bond donors (Lipinski definition) is 2. The zero-order chi connectivity index (χ0) is 13.1. The molecule has 18 heavy (non-hydrogen) atoms. The van der Waals surface area contributed by atoms with Gasteiger partial charge >= 0.3 is 0 Å². The average Bonchev–Trinajstić information content (AvgIpc) is 2.39. The van der Waals surface area contributed by atoms with E-state index in [1.54, 1.807) is 12.1 Å². The Kier molecular flexibility index (Phi) is 4.16. The molecule has 5 heteroatoms. The second kappa shape index (κ2) is 5.65. The zero-order valence-electron chi connectivity index (χ0n) is 10.6. The van der Waals surface area contributed by atoms with Crippen LogP contribution < -0.4 is 10.6 Å². The molecule has 0 saturated carbocycles. The zero-order valence-corrected chi connectivity index (χ0v) is 10.6. The van der Waals surface area contributed by atoms with Gasteiger partial charge in [-0.05, 0) is 24.7 Å². The number of likely N-dealkylation sites (N-methyl/N-ethyl adjacent to an activating group) is 1. The summed E-state index contributed by atoms with van der Waals surface area (Å²) in [4.78, 5) is 4.27. The summed E-state index contributed by atoms with van der Waals surface area (Å²) in [6.45, 7) is 3.37. The molecule has 0 aliphatic carbocycles. The second-order valence-electron chi connectivity index (χ2n) is 4.79. The number of aliphatic hydroxyl groups excluding tert-OH is 1. The van der Waals surface area contributed by atoms with E-state index in [-0.39, 0.29) is 12.4 Å². The molecule has 100 valence electrons. The number of piperazine rings is 1. The summed E-state index contributed by atoms with van der Waals surface area (Å²) in [7, 11) is 2.07. The fourth-order valence-corrected chi connectivity index (χ4v) is 2.16. The van der Waals surface area contributed by atoms with Gasteiger partial charge in [0.2, 0.25) is 0 Å². The Bertz CT molecular complexity index is 405. The minimum atomic E-state index is -0.513. The van der Waals surface area contributed by atoms with Gasteiger partial charge in [-0.1, -0.05) is 6.07 Å². The highest BCUT2D eigenvalue weighted by atomic mass is 19.1. The van der Waals surface area contributed by atoms with Crippen molar-refractivity contribution in [1.29, 1.82) is 0 Å². The average molecular weight is 253 g/mol. The van der Waals surface area contributed by atoms with Gasteiger partial charge in [0.25, 0.3) is 0 Å². The first-order valence-electron chi connectivity index (χ1n) is 6.21. The lowest BCUT2D eigenvalue weighted by atomic mass is 10.1. The molecule has 1 aliphatic heterocycles. The molecule has 1 aromatic carbocycles. The van der Waals surface area contributed by atoms with Crippen LogP contribution in [0.3, 0.4) is 0 Å². The molecule has 1 saturated heterocycles. The molecule has 4 nitrogen and oxygen atoms in total. The number of rotatable bonds is 3. The third-order valence-electron chi connectivity index (χ3n) is 3.44. The Hall–Kier alpha value is -1.17. The summed E-state index contributed by atoms with van der Waals surface area (Å²) in [6.07, 6.45) is 0. The molecular weight excluding hydrogens is 233 g/mol. The maximum absolute atomic E-state index is 14.0. The Morgan fingerprint density at radius 3 is 2.56 bits per heavy atom. The van der Waals surface area contributed by atoms with E-state index in [0.29, 0.717) is 11.3 Å². The second-order valence-corrected chi connectivity index (χ2v) is 4.79. The van der Waals surface area contributed by atoms with Crippen molar-refractivity contribution in [1.82, 2.24) is 4.90 Å². The predicted octanol–water partition coefficient (Wildman–Crippen LogP) is 0.570. The topological polar surface area (TPSA) is 52.7 Å². The number of hydrogen-bond acceptors (Lipinski definition) is 4. The molecule has 3 N–H and O–H groups in total. The highest BCUT2D eigenvalue weighted by Crippen LogP contribution is 2.23. The van der Waals surface area contributed by atoms with Gasteiger partial charge in [-0.25, -0.2) is 4.39 Å². The number of halogens is 1. The molecular formula is C13H20FN3O. The summed E-state index contributed by atoms with van der Waals surface area (Å²) in [5.41, 5.74) is 6.93. The van der Waals surface area contributed by atoms with E-state index in [0.717, 1.165) is 26.2 Å². The monoisotopic (exact) mass is 253 g/mol. The molecule has 0 aromatic heterocycles. The number of aliphatic hydroxyl groups is 1. The minimum absolute atomic E-state index is 0.173. The fraction of sp³-hybridized carbons (Fsp3) is 0.538. The van der Waals surface area contributed by atoms with E-state index in [4.69, 9.17) is 10.8 Å². The van der Waals surface area contributed by atoms with Crippen molar-refractivity contribution in [2.75, 3.05) is 44.7 Å². The van der Waals surface area contributed by atoms with E-state index in [2.05, 4.69) is 11.9 Å². The summed E-state index contributed by atoms with van der Waals surface area (Å²) in [6, 6.07) is 4.46. The van der Waals surface area contributed by atoms with Crippen molar-refractivity contribution < 1.29 is 9.50 Å². The van der Waals surface area contributed by atoms with Crippen molar-refractivity contribution in [2.24, 2.45) is 5.73 Å². The number of benzene rings is 1. The highest BCUT2D eigenvalue weighted by Gasteiger charge is 2.18. The van der Waals surface area contributed by atoms with Crippen molar-refractivity contribution in [3.63, 3.8) is 0 Å². The molecule has 0 bridgehead atoms. The molecule has 1 aromatic rings. The van der Waals surface area contributed by atoms with Gasteiger partial charge in [0.15, 0.2) is 0 Å². The molecule has 1 fully saturated rings. The van der Waals surface area contributed by atoms with Gasteiger partial charge in [0.1, 0.15) is 5.82 Å². The van der Waals surface area contributed by atoms with Gasteiger partial charge in [-0.15, -0.1) is 0 Å². The van der Waals surface area contributed by atoms with Gasteiger partial charge in [0.05, 0.1) is 18.3 Å². The molecule has 1 heterocycles. The molecule has 1 atom stereocenters. The minimum Gasteiger partial charge on any atom is -0.394 e. The molecule has 0 spiro atoms. The first kappa shape index (κ1) is 13.3. The normalized spacial score (nSPS) is 19.0. The van der Waals surface area contributed by atoms with E-state index in [9.17, 15) is 4.39 Å². The highest BCUT2D eigenvalue weighted by molar-refractivity contribution is 5.50. The fourth-order valence-electron chi connectivity index (χ4n) is 2.16. The van der Waals surface area contributed by atoms with Crippen LogP contribution in [0.2, 0.25) is 0 Å². The quantitative estimate of drug-likeness (QED) is 0.827. The van der Waals surface area contributed by atoms with Crippen LogP contribution in [0.15, 0.2) is 18.2 Å². The molecule has 1 unspecified atom stereocenters. The summed E-state index contributed by atoms with van der Waals surface area (Å²) in [5.74, 6) is -0.263. The van der Waals surface area contributed by atoms with E-state index >= 15 is 0 Å². The molecule has 1 aliphatic rings. The standard InChI is InChI=1S/C13H20FN3O/c1-16-4-6-17(7-5-16)13-3-2-10(8-11(13)14)12(15)9-18/h2-3,8,12,18H,4-7,9,15H2,1H3. The predicted molar refractivity (Wildman–Crippen MR) is 70.1 cm³/mol. The third kappa shape index (κ3) is 2.80. The Balaban J connectivity index is 2.14. The summed E-state index contributed by atoms with van der Waals surface area (Å²) in [5, 5.41) is 8.96. The van der Waals surface area contributed by atoms with Gasteiger partial charge in [-0.3, -0.25) is 0 Å². The van der Waals surface area contributed by atoms with E-state index in [1.165, 1.54) is 6.07 Å². The lowest BCUT2D eigenvalue weighted by molar-refractivity contribution is 0.267. The van der Waals surface area contributed by atoms with Crippen molar-refractivity contribution in [3.8, 4) is 0 Å². The number of nitrogens with zero attached hydrogens (tertiary/aromatic N) is 2. The van der Waals surface area contributed by atoms with Crippen LogP contribution in [-0.4, -0.2) is 49.8 Å². The van der Waals surface area contributed by atoms with Crippen LogP contribution in [-0.2, 0) is 0 Å². The Morgan fingerprint density at radius 2 is 2.00 bits per heavy atom. The SMILES string of the molecule is CN1CCN(c2ccc(C(N)CO)cc2F)CC1. The van der Waals surface area contributed by atoms with Gasteiger partial charge in [-0.2, -0.15) is 0 Å². The summed E-state index contributed by atoms with van der Waals surface area (Å²) >= 11 is 0. The van der Waals surface area contributed by atoms with Gasteiger partial charge in [0, 0.05) is 26.2 Å². The maximum Gasteiger partial charge on any atom is 0.146 e. The van der Waals surface area contributed by atoms with Crippen LogP contribution in [0.5, 0.6) is 0 Å². The van der Waals surface area contributed by atoms with Crippen molar-refractivity contribution >= 4 is 5.69 Å². The first-order chi connectivity index (χ1) is 8.61. The lowest BCUT2D eigenvalue weighted by Crippen LogP contribution is -2.44. The van der Waals surface area contributed by atoms with Crippen LogP contribution in [0.4, 0.5) is 10.1 Å². The summed E-state index contributed by atoms with van der Waals surface area (Å²) < 4.78 is 14.0. The Labute approximate surface area is 107 Å². The van der Waals surface area contributed by atoms with Crippen molar-refractivity contribution in [3.05, 3.63) is 29.6 Å². The third-order valence-corrected chi connectivity index (χ3v) is 3.44. The molecule has 0 amide bonds. The first-order valence-corrected chi connectivity index (χ1v) is 6.21. The molecule has 0 radical (unpaired) electrons.